The fraction of sp³-hybridized carbons (Fsp3) is 0.333. The molecule has 1 amide bonds. The molecule has 3 rings (SSSR count). The summed E-state index contributed by atoms with van der Waals surface area (Å²) in [7, 11) is 0. The van der Waals surface area contributed by atoms with Gasteiger partial charge >= 0.3 is 6.55 Å². The maximum atomic E-state index is 12.5. The van der Waals surface area contributed by atoms with Crippen LogP contribution in [0.4, 0.5) is 14.5 Å². The number of nitrogens with zero attached hydrogens (tertiary/aromatic N) is 6. The van der Waals surface area contributed by atoms with E-state index >= 15 is 0 Å². The predicted molar refractivity (Wildman–Crippen MR) is 85.4 cm³/mol. The molecule has 0 saturated carbocycles. The number of rotatable bonds is 6. The highest BCUT2D eigenvalue weighted by molar-refractivity contribution is 6.02. The summed E-state index contributed by atoms with van der Waals surface area (Å²) in [6.07, 6.45) is 5.99. The van der Waals surface area contributed by atoms with Crippen LogP contribution in [0.5, 0.6) is 0 Å². The average Bonchev–Trinajstić information content (AvgIpc) is 3.29. The van der Waals surface area contributed by atoms with Gasteiger partial charge in [0.1, 0.15) is 0 Å². The van der Waals surface area contributed by atoms with Gasteiger partial charge in [0, 0.05) is 30.2 Å². The third-order valence-corrected chi connectivity index (χ3v) is 3.77. The van der Waals surface area contributed by atoms with Gasteiger partial charge in [0.25, 0.3) is 5.91 Å². The molecule has 1 N–H and O–H groups in total. The van der Waals surface area contributed by atoms with Gasteiger partial charge in [-0.05, 0) is 19.9 Å². The first kappa shape index (κ1) is 16.8. The van der Waals surface area contributed by atoms with Crippen LogP contribution in [0, 0.1) is 6.92 Å². The zero-order valence-electron chi connectivity index (χ0n) is 13.7. The van der Waals surface area contributed by atoms with Crippen LogP contribution < -0.4 is 5.32 Å². The normalized spacial score (nSPS) is 11.2. The SMILES string of the molecule is CCn1ncc(Cn2cc(NC(=O)c3ccn(C(F)F)n3)cn2)c1C. The summed E-state index contributed by atoms with van der Waals surface area (Å²) in [5.41, 5.74) is 2.45. The highest BCUT2D eigenvalue weighted by Gasteiger charge is 2.14. The lowest BCUT2D eigenvalue weighted by atomic mass is 10.2. The number of anilines is 1. The Kier molecular flexibility index (Phi) is 4.59. The van der Waals surface area contributed by atoms with Crippen LogP contribution in [0.15, 0.2) is 30.9 Å². The van der Waals surface area contributed by atoms with Crippen LogP contribution >= 0.6 is 0 Å². The molecular weight excluding hydrogens is 332 g/mol. The first-order valence-electron chi connectivity index (χ1n) is 7.66. The van der Waals surface area contributed by atoms with Crippen molar-refractivity contribution >= 4 is 11.6 Å². The monoisotopic (exact) mass is 349 g/mol. The fourth-order valence-corrected chi connectivity index (χ4v) is 2.41. The Morgan fingerprint density at radius 1 is 1.32 bits per heavy atom. The molecule has 8 nitrogen and oxygen atoms in total. The molecule has 3 heterocycles. The van der Waals surface area contributed by atoms with Crippen molar-refractivity contribution in [2.24, 2.45) is 0 Å². The Labute approximate surface area is 142 Å². The largest absolute Gasteiger partial charge is 0.333 e. The average molecular weight is 349 g/mol. The van der Waals surface area contributed by atoms with Crippen molar-refractivity contribution in [3.63, 3.8) is 0 Å². The van der Waals surface area contributed by atoms with Crippen LogP contribution in [-0.2, 0) is 13.1 Å². The molecule has 3 aromatic heterocycles. The number of aryl methyl sites for hydroxylation is 1. The van der Waals surface area contributed by atoms with Crippen LogP contribution in [0.1, 0.15) is 35.2 Å². The molecule has 0 aliphatic rings. The molecule has 0 saturated heterocycles. The van der Waals surface area contributed by atoms with Gasteiger partial charge in [0.05, 0.1) is 24.6 Å². The van der Waals surface area contributed by atoms with E-state index in [1.807, 2.05) is 18.5 Å². The lowest BCUT2D eigenvalue weighted by molar-refractivity contribution is 0.0561. The Balaban J connectivity index is 1.66. The van der Waals surface area contributed by atoms with Gasteiger partial charge < -0.3 is 5.32 Å². The van der Waals surface area contributed by atoms with Crippen molar-refractivity contribution in [3.8, 4) is 0 Å². The number of halogens is 2. The standard InChI is InChI=1S/C15H17F2N7O/c1-3-23-10(2)11(6-19-23)8-22-9-12(7-18-22)20-14(25)13-4-5-24(21-13)15(16)17/h4-7,9,15H,3,8H2,1-2H3,(H,20,25). The summed E-state index contributed by atoms with van der Waals surface area (Å²) in [6, 6.07) is 1.23. The van der Waals surface area contributed by atoms with Gasteiger partial charge in [-0.2, -0.15) is 24.1 Å². The molecule has 0 aliphatic carbocycles. The van der Waals surface area contributed by atoms with Gasteiger partial charge in [-0.25, -0.2) is 4.68 Å². The maximum Gasteiger partial charge on any atom is 0.333 e. The molecule has 0 radical (unpaired) electrons. The first-order chi connectivity index (χ1) is 12.0. The summed E-state index contributed by atoms with van der Waals surface area (Å²) in [5, 5.41) is 14.6. The predicted octanol–water partition coefficient (Wildman–Crippen LogP) is 2.30. The van der Waals surface area contributed by atoms with Crippen molar-refractivity contribution < 1.29 is 13.6 Å². The lowest BCUT2D eigenvalue weighted by Gasteiger charge is -2.03. The molecule has 0 atom stereocenters. The molecule has 0 aromatic carbocycles. The second-order valence-corrected chi connectivity index (χ2v) is 5.41. The van der Waals surface area contributed by atoms with Crippen LogP contribution in [0.3, 0.4) is 0 Å². The van der Waals surface area contributed by atoms with Crippen LogP contribution in [0.2, 0.25) is 0 Å². The summed E-state index contributed by atoms with van der Waals surface area (Å²) in [5.74, 6) is -0.575. The fourth-order valence-electron chi connectivity index (χ4n) is 2.41. The molecule has 0 fully saturated rings. The van der Waals surface area contributed by atoms with Gasteiger partial charge in [-0.15, -0.1) is 0 Å². The van der Waals surface area contributed by atoms with Crippen molar-refractivity contribution in [1.29, 1.82) is 0 Å². The minimum atomic E-state index is -2.78. The van der Waals surface area contributed by atoms with E-state index in [0.717, 1.165) is 24.0 Å². The zero-order valence-corrected chi connectivity index (χ0v) is 13.7. The number of amides is 1. The number of nitrogens with one attached hydrogen (secondary N) is 1. The van der Waals surface area contributed by atoms with E-state index in [1.54, 1.807) is 17.1 Å². The van der Waals surface area contributed by atoms with Crippen LogP contribution in [0.25, 0.3) is 0 Å². The third kappa shape index (κ3) is 3.57. The van der Waals surface area contributed by atoms with Gasteiger partial charge in [-0.3, -0.25) is 14.2 Å². The van der Waals surface area contributed by atoms with E-state index < -0.39 is 12.5 Å². The molecule has 10 heteroatoms. The number of alkyl halides is 2. The van der Waals surface area contributed by atoms with Crippen molar-refractivity contribution in [3.05, 3.63) is 47.8 Å². The van der Waals surface area contributed by atoms with E-state index in [-0.39, 0.29) is 5.69 Å². The highest BCUT2D eigenvalue weighted by atomic mass is 19.3. The first-order valence-corrected chi connectivity index (χ1v) is 7.66. The summed E-state index contributed by atoms with van der Waals surface area (Å²) >= 11 is 0. The zero-order chi connectivity index (χ0) is 18.0. The second-order valence-electron chi connectivity index (χ2n) is 5.41. The van der Waals surface area contributed by atoms with Gasteiger partial charge in [-0.1, -0.05) is 0 Å². The Morgan fingerprint density at radius 2 is 2.12 bits per heavy atom. The second kappa shape index (κ2) is 6.83. The summed E-state index contributed by atoms with van der Waals surface area (Å²) in [6.45, 7) is 2.52. The molecule has 3 aromatic rings. The molecule has 0 bridgehead atoms. The van der Waals surface area contributed by atoms with E-state index in [2.05, 4.69) is 20.6 Å². The van der Waals surface area contributed by atoms with E-state index in [9.17, 15) is 13.6 Å². The molecular formula is C15H17F2N7O. The minimum Gasteiger partial charge on any atom is -0.318 e. The van der Waals surface area contributed by atoms with E-state index in [1.165, 1.54) is 12.3 Å². The van der Waals surface area contributed by atoms with E-state index in [4.69, 9.17) is 0 Å². The number of carbonyl (C=O) groups excluding carboxylic acids is 1. The lowest BCUT2D eigenvalue weighted by Crippen LogP contribution is -2.13. The minimum absolute atomic E-state index is 0.0897. The smallest absolute Gasteiger partial charge is 0.318 e. The molecule has 25 heavy (non-hydrogen) atoms. The van der Waals surface area contributed by atoms with E-state index in [0.29, 0.717) is 16.9 Å². The number of hydrogen-bond donors (Lipinski definition) is 1. The topological polar surface area (TPSA) is 82.6 Å². The molecule has 0 unspecified atom stereocenters. The summed E-state index contributed by atoms with van der Waals surface area (Å²) in [4.78, 5) is 12.0. The Morgan fingerprint density at radius 3 is 2.76 bits per heavy atom. The quantitative estimate of drug-likeness (QED) is 0.740. The Hall–Kier alpha value is -3.04. The van der Waals surface area contributed by atoms with Crippen molar-refractivity contribution in [2.45, 2.75) is 33.5 Å². The molecule has 132 valence electrons. The maximum absolute atomic E-state index is 12.5. The van der Waals surface area contributed by atoms with Crippen LogP contribution in [-0.4, -0.2) is 35.2 Å². The van der Waals surface area contributed by atoms with Crippen molar-refractivity contribution in [2.75, 3.05) is 5.32 Å². The third-order valence-electron chi connectivity index (χ3n) is 3.77. The highest BCUT2D eigenvalue weighted by Crippen LogP contribution is 2.13. The van der Waals surface area contributed by atoms with Crippen molar-refractivity contribution in [1.82, 2.24) is 29.3 Å². The number of hydrogen-bond acceptors (Lipinski definition) is 4. The Bertz CT molecular complexity index is 880. The number of carbonyl (C=O) groups is 1. The van der Waals surface area contributed by atoms with Gasteiger partial charge in [0.2, 0.25) is 0 Å². The molecule has 0 spiro atoms. The van der Waals surface area contributed by atoms with Gasteiger partial charge in [0.15, 0.2) is 5.69 Å². The summed E-state index contributed by atoms with van der Waals surface area (Å²) < 4.78 is 29.0. The number of aromatic nitrogens is 6. The molecule has 0 aliphatic heterocycles.